The lowest BCUT2D eigenvalue weighted by atomic mass is 10.1. The lowest BCUT2D eigenvalue weighted by Crippen LogP contribution is -2.12. The van der Waals surface area contributed by atoms with Crippen LogP contribution in [0, 0.1) is 0 Å². The Morgan fingerprint density at radius 1 is 1.00 bits per heavy atom. The Morgan fingerprint density at radius 2 is 1.57 bits per heavy atom. The van der Waals surface area contributed by atoms with Gasteiger partial charge < -0.3 is 15.8 Å². The number of ether oxygens (including phenoxy) is 1. The van der Waals surface area contributed by atoms with Crippen molar-refractivity contribution in [3.8, 4) is 0 Å². The zero-order valence-corrected chi connectivity index (χ0v) is 11.6. The number of carbonyl (C=O) groups is 2. The molecule has 3 N–H and O–H groups in total. The van der Waals surface area contributed by atoms with E-state index in [9.17, 15) is 9.59 Å². The maximum absolute atomic E-state index is 12.0. The van der Waals surface area contributed by atoms with Gasteiger partial charge in [0, 0.05) is 16.9 Å². The van der Waals surface area contributed by atoms with Crippen molar-refractivity contribution in [1.82, 2.24) is 0 Å². The number of nitrogen functional groups attached to an aromatic ring is 1. The minimum atomic E-state index is -0.381. The third-order valence-electron chi connectivity index (χ3n) is 2.83. The predicted octanol–water partition coefficient (Wildman–Crippen LogP) is 2.70. The van der Waals surface area contributed by atoms with Crippen molar-refractivity contribution in [3.05, 3.63) is 59.7 Å². The summed E-state index contributed by atoms with van der Waals surface area (Å²) in [4.78, 5) is 23.5. The maximum Gasteiger partial charge on any atom is 0.338 e. The van der Waals surface area contributed by atoms with E-state index in [-0.39, 0.29) is 11.9 Å². The van der Waals surface area contributed by atoms with Crippen molar-refractivity contribution in [2.75, 3.05) is 17.7 Å². The molecule has 0 saturated carbocycles. The summed E-state index contributed by atoms with van der Waals surface area (Å²) in [6.45, 7) is 2.08. The first-order chi connectivity index (χ1) is 10.1. The summed E-state index contributed by atoms with van der Waals surface area (Å²) in [5, 5.41) is 2.74. The number of anilines is 2. The molecule has 2 aromatic rings. The monoisotopic (exact) mass is 284 g/mol. The first-order valence-electron chi connectivity index (χ1n) is 6.54. The highest BCUT2D eigenvalue weighted by atomic mass is 16.5. The van der Waals surface area contributed by atoms with E-state index < -0.39 is 0 Å². The van der Waals surface area contributed by atoms with Crippen molar-refractivity contribution in [3.63, 3.8) is 0 Å². The molecule has 0 saturated heterocycles. The van der Waals surface area contributed by atoms with Crippen LogP contribution in [-0.4, -0.2) is 18.5 Å². The van der Waals surface area contributed by atoms with Gasteiger partial charge in [-0.3, -0.25) is 4.79 Å². The molecule has 0 bridgehead atoms. The van der Waals surface area contributed by atoms with Crippen molar-refractivity contribution in [2.24, 2.45) is 0 Å². The average Bonchev–Trinajstić information content (AvgIpc) is 2.49. The predicted molar refractivity (Wildman–Crippen MR) is 81.2 cm³/mol. The Hall–Kier alpha value is -2.82. The van der Waals surface area contributed by atoms with Gasteiger partial charge >= 0.3 is 5.97 Å². The Balaban J connectivity index is 2.04. The van der Waals surface area contributed by atoms with Crippen LogP contribution in [0.2, 0.25) is 0 Å². The van der Waals surface area contributed by atoms with E-state index in [0.29, 0.717) is 29.1 Å². The zero-order valence-electron chi connectivity index (χ0n) is 11.6. The normalized spacial score (nSPS) is 9.95. The van der Waals surface area contributed by atoms with Crippen LogP contribution < -0.4 is 11.1 Å². The first kappa shape index (κ1) is 14.6. The quantitative estimate of drug-likeness (QED) is 0.668. The van der Waals surface area contributed by atoms with Gasteiger partial charge in [-0.15, -0.1) is 0 Å². The number of amides is 1. The topological polar surface area (TPSA) is 81.4 Å². The first-order valence-corrected chi connectivity index (χ1v) is 6.54. The van der Waals surface area contributed by atoms with E-state index >= 15 is 0 Å². The Morgan fingerprint density at radius 3 is 2.14 bits per heavy atom. The molecule has 1 amide bonds. The molecule has 0 heterocycles. The zero-order chi connectivity index (χ0) is 15.2. The number of nitrogens with two attached hydrogens (primary N) is 1. The second-order valence-electron chi connectivity index (χ2n) is 4.37. The molecule has 5 heteroatoms. The molecule has 0 aliphatic rings. The Bertz CT molecular complexity index is 634. The van der Waals surface area contributed by atoms with Crippen molar-refractivity contribution in [2.45, 2.75) is 6.92 Å². The van der Waals surface area contributed by atoms with Crippen molar-refractivity contribution >= 4 is 23.3 Å². The molecule has 0 aliphatic heterocycles. The number of rotatable bonds is 4. The van der Waals surface area contributed by atoms with Crippen LogP contribution in [0.1, 0.15) is 27.6 Å². The highest BCUT2D eigenvalue weighted by Crippen LogP contribution is 2.13. The van der Waals surface area contributed by atoms with Gasteiger partial charge in [0.1, 0.15) is 0 Å². The second kappa shape index (κ2) is 6.56. The molecular formula is C16H16N2O3. The smallest absolute Gasteiger partial charge is 0.338 e. The molecule has 0 atom stereocenters. The van der Waals surface area contributed by atoms with E-state index in [1.165, 1.54) is 0 Å². The van der Waals surface area contributed by atoms with Gasteiger partial charge in [0.15, 0.2) is 0 Å². The molecule has 21 heavy (non-hydrogen) atoms. The third kappa shape index (κ3) is 3.82. The minimum Gasteiger partial charge on any atom is -0.462 e. The maximum atomic E-state index is 12.0. The van der Waals surface area contributed by atoms with Gasteiger partial charge in [-0.1, -0.05) is 0 Å². The van der Waals surface area contributed by atoms with E-state index in [1.807, 2.05) is 0 Å². The molecule has 0 spiro atoms. The third-order valence-corrected chi connectivity index (χ3v) is 2.83. The number of benzene rings is 2. The second-order valence-corrected chi connectivity index (χ2v) is 4.37. The number of esters is 1. The highest BCUT2D eigenvalue weighted by molar-refractivity contribution is 6.04. The molecule has 108 valence electrons. The minimum absolute atomic E-state index is 0.237. The van der Waals surface area contributed by atoms with Crippen LogP contribution in [0.15, 0.2) is 48.5 Å². The molecule has 0 aliphatic carbocycles. The number of hydrogen-bond donors (Lipinski definition) is 2. The van der Waals surface area contributed by atoms with Crippen LogP contribution in [0.5, 0.6) is 0 Å². The number of carbonyl (C=O) groups excluding carboxylic acids is 2. The van der Waals surface area contributed by atoms with Crippen LogP contribution in [0.25, 0.3) is 0 Å². The molecule has 0 radical (unpaired) electrons. The molecule has 5 nitrogen and oxygen atoms in total. The highest BCUT2D eigenvalue weighted by Gasteiger charge is 2.08. The van der Waals surface area contributed by atoms with Gasteiger partial charge in [0.2, 0.25) is 0 Å². The SMILES string of the molecule is CCOC(=O)c1ccc(NC(=O)c2ccc(N)cc2)cc1. The van der Waals surface area contributed by atoms with E-state index in [1.54, 1.807) is 55.5 Å². The molecule has 0 unspecified atom stereocenters. The number of hydrogen-bond acceptors (Lipinski definition) is 4. The summed E-state index contributed by atoms with van der Waals surface area (Å²) in [6.07, 6.45) is 0. The summed E-state index contributed by atoms with van der Waals surface area (Å²) < 4.78 is 4.89. The molecule has 0 aromatic heterocycles. The fraction of sp³-hybridized carbons (Fsp3) is 0.125. The van der Waals surface area contributed by atoms with Crippen LogP contribution in [0.3, 0.4) is 0 Å². The molecule has 2 rings (SSSR count). The van der Waals surface area contributed by atoms with E-state index in [2.05, 4.69) is 5.32 Å². The van der Waals surface area contributed by atoms with Crippen molar-refractivity contribution in [1.29, 1.82) is 0 Å². The summed E-state index contributed by atoms with van der Waals surface area (Å²) >= 11 is 0. The van der Waals surface area contributed by atoms with Gasteiger partial charge in [0.25, 0.3) is 5.91 Å². The molecular weight excluding hydrogens is 268 g/mol. The van der Waals surface area contributed by atoms with Crippen LogP contribution in [-0.2, 0) is 4.74 Å². The van der Waals surface area contributed by atoms with Gasteiger partial charge in [-0.25, -0.2) is 4.79 Å². The lowest BCUT2D eigenvalue weighted by molar-refractivity contribution is 0.0526. The standard InChI is InChI=1S/C16H16N2O3/c1-2-21-16(20)12-5-9-14(10-6-12)18-15(19)11-3-7-13(17)8-4-11/h3-10H,2,17H2,1H3,(H,18,19). The largest absolute Gasteiger partial charge is 0.462 e. The van der Waals surface area contributed by atoms with Crippen LogP contribution in [0.4, 0.5) is 11.4 Å². The lowest BCUT2D eigenvalue weighted by Gasteiger charge is -2.07. The van der Waals surface area contributed by atoms with Crippen molar-refractivity contribution < 1.29 is 14.3 Å². The van der Waals surface area contributed by atoms with Gasteiger partial charge in [0.05, 0.1) is 12.2 Å². The van der Waals surface area contributed by atoms with E-state index in [0.717, 1.165) is 0 Å². The summed E-state index contributed by atoms with van der Waals surface area (Å²) in [7, 11) is 0. The fourth-order valence-electron chi connectivity index (χ4n) is 1.74. The Kier molecular flexibility index (Phi) is 4.56. The summed E-state index contributed by atoms with van der Waals surface area (Å²) in [6, 6.07) is 13.2. The molecule has 2 aromatic carbocycles. The fourth-order valence-corrected chi connectivity index (χ4v) is 1.74. The van der Waals surface area contributed by atoms with Gasteiger partial charge in [-0.05, 0) is 55.5 Å². The summed E-state index contributed by atoms with van der Waals surface area (Å²) in [5.74, 6) is -0.618. The molecule has 0 fully saturated rings. The summed E-state index contributed by atoms with van der Waals surface area (Å²) in [5.41, 5.74) is 7.74. The van der Waals surface area contributed by atoms with Crippen LogP contribution >= 0.6 is 0 Å². The van der Waals surface area contributed by atoms with E-state index in [4.69, 9.17) is 10.5 Å². The Labute approximate surface area is 122 Å². The average molecular weight is 284 g/mol. The van der Waals surface area contributed by atoms with Gasteiger partial charge in [-0.2, -0.15) is 0 Å². The number of nitrogens with one attached hydrogen (secondary N) is 1.